The highest BCUT2D eigenvalue weighted by atomic mass is 35.5. The molecule has 0 aromatic carbocycles. The monoisotopic (exact) mass is 400 g/mol. The highest BCUT2D eigenvalue weighted by molar-refractivity contribution is 7.98. The van der Waals surface area contributed by atoms with Gasteiger partial charge >= 0.3 is 0 Å². The van der Waals surface area contributed by atoms with Crippen molar-refractivity contribution in [3.8, 4) is 0 Å². The first kappa shape index (κ1) is 19.6. The molecular weight excluding hydrogens is 376 g/mol. The Labute approximate surface area is 163 Å². The van der Waals surface area contributed by atoms with Crippen LogP contribution in [0.1, 0.15) is 48.8 Å². The maximum Gasteiger partial charge on any atom is 0.191 e. The number of rotatable bonds is 6. The van der Waals surface area contributed by atoms with E-state index < -0.39 is 0 Å². The Balaban J connectivity index is 0.00000196. The third-order valence-corrected chi connectivity index (χ3v) is 5.92. The molecule has 0 spiro atoms. The Morgan fingerprint density at radius 3 is 2.73 bits per heavy atom. The Morgan fingerprint density at radius 2 is 2.04 bits per heavy atom. The fourth-order valence-electron chi connectivity index (χ4n) is 3.47. The number of aryl methyl sites for hydroxylation is 1. The number of hydrogen-bond acceptors (Lipinski definition) is 8. The van der Waals surface area contributed by atoms with E-state index in [0.29, 0.717) is 11.7 Å². The van der Waals surface area contributed by atoms with Crippen molar-refractivity contribution >= 4 is 24.2 Å². The van der Waals surface area contributed by atoms with E-state index in [1.54, 1.807) is 11.8 Å². The second-order valence-electron chi connectivity index (χ2n) is 6.70. The Bertz CT molecular complexity index is 697. The van der Waals surface area contributed by atoms with Gasteiger partial charge in [0.15, 0.2) is 5.16 Å². The zero-order valence-electron chi connectivity index (χ0n) is 14.9. The summed E-state index contributed by atoms with van der Waals surface area (Å²) < 4.78 is 12.9. The van der Waals surface area contributed by atoms with Gasteiger partial charge in [-0.05, 0) is 45.7 Å². The lowest BCUT2D eigenvalue weighted by Crippen LogP contribution is -2.29. The molecule has 1 N–H and O–H groups in total. The SMILES string of the molecule is Cc1nonc1CSc1nnc(C2CCNCC2)n1CC1CCCO1.Cl. The quantitative estimate of drug-likeness (QED) is 0.739. The van der Waals surface area contributed by atoms with Gasteiger partial charge in [0.25, 0.3) is 0 Å². The second kappa shape index (κ2) is 9.16. The van der Waals surface area contributed by atoms with E-state index in [4.69, 9.17) is 9.37 Å². The number of halogens is 1. The summed E-state index contributed by atoms with van der Waals surface area (Å²) in [6.07, 6.45) is 4.75. The van der Waals surface area contributed by atoms with Crippen LogP contribution in [0.4, 0.5) is 0 Å². The predicted octanol–water partition coefficient (Wildman–Crippen LogP) is 2.33. The molecule has 0 bridgehead atoms. The highest BCUT2D eigenvalue weighted by Crippen LogP contribution is 2.30. The molecule has 2 aromatic heterocycles. The van der Waals surface area contributed by atoms with Crippen LogP contribution < -0.4 is 5.32 Å². The Morgan fingerprint density at radius 1 is 1.19 bits per heavy atom. The van der Waals surface area contributed by atoms with E-state index in [9.17, 15) is 0 Å². The smallest absolute Gasteiger partial charge is 0.191 e. The summed E-state index contributed by atoms with van der Waals surface area (Å²) in [5, 5.41) is 21.2. The van der Waals surface area contributed by atoms with Gasteiger partial charge in [-0.2, -0.15) is 0 Å². The van der Waals surface area contributed by atoms with E-state index in [0.717, 1.165) is 74.3 Å². The molecule has 2 aromatic rings. The average molecular weight is 401 g/mol. The lowest BCUT2D eigenvalue weighted by Gasteiger charge is -2.23. The molecule has 0 amide bonds. The molecule has 0 radical (unpaired) electrons. The topological polar surface area (TPSA) is 90.9 Å². The van der Waals surface area contributed by atoms with Crippen LogP contribution in [-0.4, -0.2) is 50.9 Å². The van der Waals surface area contributed by atoms with Gasteiger partial charge in [0.05, 0.1) is 12.6 Å². The number of nitrogens with zero attached hydrogens (tertiary/aromatic N) is 5. The molecule has 1 atom stereocenters. The van der Waals surface area contributed by atoms with Gasteiger partial charge in [-0.25, -0.2) is 4.63 Å². The standard InChI is InChI=1S/C16H24N6O2S.ClH/c1-11-14(21-24-20-11)10-25-16-19-18-15(12-4-6-17-7-5-12)22(16)9-13-3-2-8-23-13;/h12-13,17H,2-10H2,1H3;1H. The Kier molecular flexibility index (Phi) is 6.91. The summed E-state index contributed by atoms with van der Waals surface area (Å²) in [6, 6.07) is 0. The van der Waals surface area contributed by atoms with Crippen LogP contribution in [0.2, 0.25) is 0 Å². The summed E-state index contributed by atoms with van der Waals surface area (Å²) in [6.45, 7) is 5.70. The summed E-state index contributed by atoms with van der Waals surface area (Å²) >= 11 is 1.64. The zero-order valence-corrected chi connectivity index (χ0v) is 16.5. The van der Waals surface area contributed by atoms with Crippen LogP contribution in [0.15, 0.2) is 9.79 Å². The molecule has 2 saturated heterocycles. The molecule has 2 aliphatic heterocycles. The number of hydrogen-bond donors (Lipinski definition) is 1. The van der Waals surface area contributed by atoms with E-state index in [2.05, 4.69) is 30.4 Å². The van der Waals surface area contributed by atoms with Crippen LogP contribution in [0.25, 0.3) is 0 Å². The van der Waals surface area contributed by atoms with E-state index in [-0.39, 0.29) is 18.5 Å². The minimum atomic E-state index is 0. The maximum atomic E-state index is 5.86. The predicted molar refractivity (Wildman–Crippen MR) is 99.7 cm³/mol. The zero-order chi connectivity index (χ0) is 17.1. The van der Waals surface area contributed by atoms with Crippen molar-refractivity contribution in [1.82, 2.24) is 30.4 Å². The summed E-state index contributed by atoms with van der Waals surface area (Å²) in [4.78, 5) is 0. The lowest BCUT2D eigenvalue weighted by atomic mass is 9.97. The molecule has 4 heterocycles. The molecule has 144 valence electrons. The molecule has 0 saturated carbocycles. The lowest BCUT2D eigenvalue weighted by molar-refractivity contribution is 0.0936. The molecule has 0 aliphatic carbocycles. The first-order valence-electron chi connectivity index (χ1n) is 8.97. The van der Waals surface area contributed by atoms with Gasteiger partial charge in [-0.3, -0.25) is 0 Å². The molecule has 1 unspecified atom stereocenters. The number of thioether (sulfide) groups is 1. The highest BCUT2D eigenvalue weighted by Gasteiger charge is 2.26. The number of ether oxygens (including phenoxy) is 1. The summed E-state index contributed by atoms with van der Waals surface area (Å²) in [5.41, 5.74) is 1.69. The van der Waals surface area contributed by atoms with Crippen LogP contribution in [0, 0.1) is 6.92 Å². The van der Waals surface area contributed by atoms with Gasteiger partial charge in [0.1, 0.15) is 17.2 Å². The van der Waals surface area contributed by atoms with Crippen molar-refractivity contribution in [2.24, 2.45) is 0 Å². The van der Waals surface area contributed by atoms with E-state index >= 15 is 0 Å². The maximum absolute atomic E-state index is 5.86. The van der Waals surface area contributed by atoms with Gasteiger partial charge in [-0.15, -0.1) is 22.6 Å². The van der Waals surface area contributed by atoms with Crippen molar-refractivity contribution < 1.29 is 9.37 Å². The molecule has 26 heavy (non-hydrogen) atoms. The fraction of sp³-hybridized carbons (Fsp3) is 0.750. The van der Waals surface area contributed by atoms with Crippen molar-refractivity contribution in [1.29, 1.82) is 0 Å². The first-order valence-corrected chi connectivity index (χ1v) is 9.96. The van der Waals surface area contributed by atoms with Crippen LogP contribution >= 0.6 is 24.2 Å². The Hall–Kier alpha value is -1.16. The van der Waals surface area contributed by atoms with Crippen LogP contribution in [0.3, 0.4) is 0 Å². The first-order chi connectivity index (χ1) is 12.3. The minimum Gasteiger partial charge on any atom is -0.376 e. The van der Waals surface area contributed by atoms with Crippen molar-refractivity contribution in [3.63, 3.8) is 0 Å². The summed E-state index contributed by atoms with van der Waals surface area (Å²) in [7, 11) is 0. The van der Waals surface area contributed by atoms with Crippen molar-refractivity contribution in [2.75, 3.05) is 19.7 Å². The second-order valence-corrected chi connectivity index (χ2v) is 7.64. The average Bonchev–Trinajstić information content (AvgIpc) is 3.37. The number of nitrogens with one attached hydrogen (secondary N) is 1. The number of aromatic nitrogens is 5. The molecule has 4 rings (SSSR count). The molecular formula is C16H25ClN6O2S. The fourth-order valence-corrected chi connectivity index (χ4v) is 4.42. The molecule has 2 aliphatic rings. The summed E-state index contributed by atoms with van der Waals surface area (Å²) in [5.74, 6) is 2.26. The number of piperidine rings is 1. The molecule has 10 heteroatoms. The van der Waals surface area contributed by atoms with Gasteiger partial charge in [0.2, 0.25) is 0 Å². The van der Waals surface area contributed by atoms with E-state index in [1.165, 1.54) is 0 Å². The van der Waals surface area contributed by atoms with Crippen molar-refractivity contribution in [2.45, 2.75) is 62.1 Å². The minimum absolute atomic E-state index is 0. The third-order valence-electron chi connectivity index (χ3n) is 4.94. The van der Waals surface area contributed by atoms with Crippen molar-refractivity contribution in [3.05, 3.63) is 17.2 Å². The van der Waals surface area contributed by atoms with Crippen LogP contribution in [0.5, 0.6) is 0 Å². The third kappa shape index (κ3) is 4.39. The van der Waals surface area contributed by atoms with Crippen LogP contribution in [-0.2, 0) is 17.0 Å². The van der Waals surface area contributed by atoms with Gasteiger partial charge in [-0.1, -0.05) is 22.1 Å². The van der Waals surface area contributed by atoms with Gasteiger partial charge in [0, 0.05) is 18.3 Å². The molecule has 2 fully saturated rings. The van der Waals surface area contributed by atoms with E-state index in [1.807, 2.05) is 6.92 Å². The van der Waals surface area contributed by atoms with Gasteiger partial charge < -0.3 is 14.6 Å². The largest absolute Gasteiger partial charge is 0.376 e. The normalized spacial score (nSPS) is 21.0. The molecule has 8 nitrogen and oxygen atoms in total.